The van der Waals surface area contributed by atoms with Crippen LogP contribution in [-0.2, 0) is 0 Å². The first-order chi connectivity index (χ1) is 9.40. The summed E-state index contributed by atoms with van der Waals surface area (Å²) in [4.78, 5) is 23.7. The number of carbonyl (C=O) groups excluding carboxylic acids is 2. The van der Waals surface area contributed by atoms with E-state index in [4.69, 9.17) is 0 Å². The van der Waals surface area contributed by atoms with Crippen LogP contribution in [0.5, 0.6) is 11.5 Å². The maximum Gasteiger partial charge on any atom is 0.196 e. The minimum absolute atomic E-state index is 0.0861. The van der Waals surface area contributed by atoms with E-state index in [9.17, 15) is 19.8 Å². The monoisotopic (exact) mass is 270 g/mol. The summed E-state index contributed by atoms with van der Waals surface area (Å²) < 4.78 is 0. The van der Waals surface area contributed by atoms with Crippen LogP contribution in [0, 0.1) is 6.92 Å². The highest BCUT2D eigenvalue weighted by Gasteiger charge is 2.16. The van der Waals surface area contributed by atoms with E-state index < -0.39 is 5.78 Å². The Morgan fingerprint density at radius 3 is 2.15 bits per heavy atom. The van der Waals surface area contributed by atoms with Gasteiger partial charge in [-0.2, -0.15) is 0 Å². The molecule has 0 aliphatic carbocycles. The van der Waals surface area contributed by atoms with Crippen molar-refractivity contribution in [2.24, 2.45) is 0 Å². The largest absolute Gasteiger partial charge is 0.507 e. The maximum absolute atomic E-state index is 12.4. The third-order valence-corrected chi connectivity index (χ3v) is 3.03. The molecule has 0 fully saturated rings. The minimum Gasteiger partial charge on any atom is -0.507 e. The quantitative estimate of drug-likeness (QED) is 0.841. The lowest BCUT2D eigenvalue weighted by atomic mass is 9.98. The van der Waals surface area contributed by atoms with Gasteiger partial charge in [-0.15, -0.1) is 0 Å². The van der Waals surface area contributed by atoms with Crippen molar-refractivity contribution in [2.45, 2.75) is 13.8 Å². The summed E-state index contributed by atoms with van der Waals surface area (Å²) in [5.41, 5.74) is 1.35. The molecule has 0 saturated carbocycles. The SMILES string of the molecule is CC(=O)c1cc(C(=O)c2cc(C)ccc2O)ccc1O. The normalized spacial score (nSPS) is 10.3. The fourth-order valence-corrected chi connectivity index (χ4v) is 1.95. The zero-order valence-corrected chi connectivity index (χ0v) is 11.2. The molecule has 0 aliphatic heterocycles. The van der Waals surface area contributed by atoms with E-state index in [0.717, 1.165) is 5.56 Å². The van der Waals surface area contributed by atoms with Crippen LogP contribution in [0.4, 0.5) is 0 Å². The number of phenols is 2. The second-order valence-corrected chi connectivity index (χ2v) is 4.64. The van der Waals surface area contributed by atoms with E-state index in [1.807, 2.05) is 6.92 Å². The van der Waals surface area contributed by atoms with Crippen molar-refractivity contribution in [3.8, 4) is 11.5 Å². The molecule has 0 bridgehead atoms. The number of benzene rings is 2. The predicted octanol–water partition coefficient (Wildman–Crippen LogP) is 2.84. The molecule has 0 amide bonds. The summed E-state index contributed by atoms with van der Waals surface area (Å²) in [7, 11) is 0. The van der Waals surface area contributed by atoms with Crippen molar-refractivity contribution >= 4 is 11.6 Å². The van der Waals surface area contributed by atoms with Crippen molar-refractivity contribution in [3.05, 3.63) is 58.7 Å². The van der Waals surface area contributed by atoms with Crippen LogP contribution in [-0.4, -0.2) is 21.8 Å². The molecule has 2 aromatic rings. The lowest BCUT2D eigenvalue weighted by Crippen LogP contribution is -2.04. The van der Waals surface area contributed by atoms with E-state index in [-0.39, 0.29) is 34.0 Å². The van der Waals surface area contributed by atoms with Crippen LogP contribution in [0.3, 0.4) is 0 Å². The minimum atomic E-state index is -0.395. The molecular formula is C16H14O4. The molecule has 0 heterocycles. The summed E-state index contributed by atoms with van der Waals surface area (Å²) in [6, 6.07) is 8.79. The zero-order chi connectivity index (χ0) is 14.9. The van der Waals surface area contributed by atoms with Crippen molar-refractivity contribution in [1.82, 2.24) is 0 Å². The molecule has 2 rings (SSSR count). The van der Waals surface area contributed by atoms with E-state index in [1.165, 1.54) is 31.2 Å². The average molecular weight is 270 g/mol. The standard InChI is InChI=1S/C16H14O4/c1-9-3-5-15(19)13(7-9)16(20)11-4-6-14(18)12(8-11)10(2)17/h3-8,18-19H,1-2H3. The summed E-state index contributed by atoms with van der Waals surface area (Å²) in [5, 5.41) is 19.3. The Balaban J connectivity index is 2.51. The number of aromatic hydroxyl groups is 2. The fourth-order valence-electron chi connectivity index (χ4n) is 1.95. The molecule has 2 aromatic carbocycles. The number of ketones is 2. The van der Waals surface area contributed by atoms with Gasteiger partial charge in [0.25, 0.3) is 0 Å². The summed E-state index contributed by atoms with van der Waals surface area (Å²) >= 11 is 0. The molecule has 4 heteroatoms. The smallest absolute Gasteiger partial charge is 0.196 e. The first kappa shape index (κ1) is 13.8. The highest BCUT2D eigenvalue weighted by Crippen LogP contribution is 2.25. The Bertz CT molecular complexity index is 702. The van der Waals surface area contributed by atoms with Gasteiger partial charge in [-0.05, 0) is 44.2 Å². The molecule has 4 nitrogen and oxygen atoms in total. The van der Waals surface area contributed by atoms with Gasteiger partial charge in [0.2, 0.25) is 0 Å². The van der Waals surface area contributed by atoms with Crippen molar-refractivity contribution in [1.29, 1.82) is 0 Å². The topological polar surface area (TPSA) is 74.6 Å². The van der Waals surface area contributed by atoms with E-state index in [2.05, 4.69) is 0 Å². The third-order valence-electron chi connectivity index (χ3n) is 3.03. The molecule has 0 radical (unpaired) electrons. The summed E-state index contributed by atoms with van der Waals surface area (Å²) in [6.07, 6.45) is 0. The number of aryl methyl sites for hydroxylation is 1. The van der Waals surface area contributed by atoms with Crippen LogP contribution >= 0.6 is 0 Å². The highest BCUT2D eigenvalue weighted by molar-refractivity contribution is 6.12. The van der Waals surface area contributed by atoms with Gasteiger partial charge in [0.1, 0.15) is 11.5 Å². The van der Waals surface area contributed by atoms with Crippen LogP contribution in [0.15, 0.2) is 36.4 Å². The van der Waals surface area contributed by atoms with Gasteiger partial charge in [0.05, 0.1) is 11.1 Å². The Morgan fingerprint density at radius 1 is 0.900 bits per heavy atom. The van der Waals surface area contributed by atoms with Gasteiger partial charge in [0.15, 0.2) is 11.6 Å². The molecule has 0 saturated heterocycles. The predicted molar refractivity (Wildman–Crippen MR) is 74.4 cm³/mol. The van der Waals surface area contributed by atoms with Crippen molar-refractivity contribution in [2.75, 3.05) is 0 Å². The van der Waals surface area contributed by atoms with Gasteiger partial charge < -0.3 is 10.2 Å². The Kier molecular flexibility index (Phi) is 3.57. The number of hydrogen-bond donors (Lipinski definition) is 2. The van der Waals surface area contributed by atoms with Gasteiger partial charge in [0, 0.05) is 5.56 Å². The molecule has 2 N–H and O–H groups in total. The summed E-state index contributed by atoms with van der Waals surface area (Å²) in [6.45, 7) is 3.13. The lowest BCUT2D eigenvalue weighted by Gasteiger charge is -2.07. The molecule has 0 atom stereocenters. The zero-order valence-electron chi connectivity index (χ0n) is 11.2. The van der Waals surface area contributed by atoms with Gasteiger partial charge >= 0.3 is 0 Å². The maximum atomic E-state index is 12.4. The Hall–Kier alpha value is -2.62. The first-order valence-electron chi connectivity index (χ1n) is 6.08. The number of Topliss-reactive ketones (excluding diaryl/α,β-unsaturated/α-hetero) is 1. The molecule has 0 spiro atoms. The second kappa shape index (κ2) is 5.17. The van der Waals surface area contributed by atoms with Crippen LogP contribution in [0.2, 0.25) is 0 Å². The molecule has 0 aliphatic rings. The molecular weight excluding hydrogens is 256 g/mol. The molecule has 102 valence electrons. The van der Waals surface area contributed by atoms with Crippen molar-refractivity contribution in [3.63, 3.8) is 0 Å². The fraction of sp³-hybridized carbons (Fsp3) is 0.125. The van der Waals surface area contributed by atoms with Crippen LogP contribution in [0.25, 0.3) is 0 Å². The van der Waals surface area contributed by atoms with E-state index >= 15 is 0 Å². The second-order valence-electron chi connectivity index (χ2n) is 4.64. The number of hydrogen-bond acceptors (Lipinski definition) is 4. The van der Waals surface area contributed by atoms with Gasteiger partial charge in [-0.3, -0.25) is 9.59 Å². The number of carbonyl (C=O) groups is 2. The van der Waals surface area contributed by atoms with Crippen molar-refractivity contribution < 1.29 is 19.8 Å². The molecule has 0 unspecified atom stereocenters. The Morgan fingerprint density at radius 2 is 1.50 bits per heavy atom. The molecule has 0 aromatic heterocycles. The van der Waals surface area contributed by atoms with E-state index in [0.29, 0.717) is 0 Å². The number of rotatable bonds is 3. The van der Waals surface area contributed by atoms with Crippen LogP contribution < -0.4 is 0 Å². The van der Waals surface area contributed by atoms with Crippen LogP contribution in [0.1, 0.15) is 38.8 Å². The molecule has 20 heavy (non-hydrogen) atoms. The Labute approximate surface area is 116 Å². The lowest BCUT2D eigenvalue weighted by molar-refractivity contribution is 0.101. The van der Waals surface area contributed by atoms with E-state index in [1.54, 1.807) is 12.1 Å². The average Bonchev–Trinajstić information content (AvgIpc) is 2.41. The first-order valence-corrected chi connectivity index (χ1v) is 6.08. The summed E-state index contributed by atoms with van der Waals surface area (Å²) in [5.74, 6) is -1.00. The van der Waals surface area contributed by atoms with Gasteiger partial charge in [-0.1, -0.05) is 11.6 Å². The number of phenolic OH excluding ortho intramolecular Hbond substituents is 2. The highest BCUT2D eigenvalue weighted by atomic mass is 16.3. The van der Waals surface area contributed by atoms with Gasteiger partial charge in [-0.25, -0.2) is 0 Å². The third kappa shape index (κ3) is 2.54.